The maximum absolute atomic E-state index is 13.1. The molecular formula is C8H6ClF2NO2. The molecule has 1 aromatic heterocycles. The van der Waals surface area contributed by atoms with Gasteiger partial charge in [0.15, 0.2) is 0 Å². The first-order valence-electron chi connectivity index (χ1n) is 3.56. The molecule has 0 amide bonds. The molecule has 14 heavy (non-hydrogen) atoms. The fraction of sp³-hybridized carbons (Fsp3) is 0.250. The number of ether oxygens (including phenoxy) is 1. The van der Waals surface area contributed by atoms with Crippen LogP contribution in [0.25, 0.3) is 0 Å². The Bertz CT molecular complexity index is 340. The summed E-state index contributed by atoms with van der Waals surface area (Å²) < 4.78 is 30.2. The van der Waals surface area contributed by atoms with E-state index in [1.165, 1.54) is 6.07 Å². The van der Waals surface area contributed by atoms with Gasteiger partial charge >= 0.3 is 11.9 Å². The molecule has 0 saturated heterocycles. The van der Waals surface area contributed by atoms with Gasteiger partial charge in [-0.25, -0.2) is 9.78 Å². The van der Waals surface area contributed by atoms with Gasteiger partial charge in [0.05, 0.1) is 12.7 Å². The van der Waals surface area contributed by atoms with E-state index in [-0.39, 0.29) is 5.15 Å². The molecule has 0 bridgehead atoms. The summed E-state index contributed by atoms with van der Waals surface area (Å²) in [4.78, 5) is 14.1. The van der Waals surface area contributed by atoms with Gasteiger partial charge in [0.1, 0.15) is 5.15 Å². The molecule has 0 atom stereocenters. The highest BCUT2D eigenvalue weighted by Gasteiger charge is 2.42. The van der Waals surface area contributed by atoms with Crippen molar-refractivity contribution in [1.82, 2.24) is 4.98 Å². The number of rotatable bonds is 2. The summed E-state index contributed by atoms with van der Waals surface area (Å²) in [5.41, 5.74) is -0.547. The number of hydrogen-bond donors (Lipinski definition) is 0. The number of carbonyl (C=O) groups is 1. The number of halogens is 3. The van der Waals surface area contributed by atoms with Gasteiger partial charge in [0, 0.05) is 6.20 Å². The van der Waals surface area contributed by atoms with E-state index >= 15 is 0 Å². The highest BCUT2D eigenvalue weighted by atomic mass is 35.5. The van der Waals surface area contributed by atoms with Crippen LogP contribution in [-0.2, 0) is 15.5 Å². The predicted molar refractivity (Wildman–Crippen MR) is 45.2 cm³/mol. The topological polar surface area (TPSA) is 39.2 Å². The maximum atomic E-state index is 13.1. The molecule has 3 nitrogen and oxygen atoms in total. The fourth-order valence-electron chi connectivity index (χ4n) is 0.808. The van der Waals surface area contributed by atoms with Crippen LogP contribution in [0.4, 0.5) is 8.78 Å². The summed E-state index contributed by atoms with van der Waals surface area (Å²) in [6, 6.07) is 2.19. The number of alkyl halides is 2. The number of pyridine rings is 1. The molecule has 0 fully saturated rings. The molecule has 1 rings (SSSR count). The molecule has 6 heteroatoms. The summed E-state index contributed by atoms with van der Waals surface area (Å²) in [6.07, 6.45) is 0.833. The third-order valence-electron chi connectivity index (χ3n) is 1.53. The van der Waals surface area contributed by atoms with Crippen LogP contribution in [0.1, 0.15) is 5.56 Å². The van der Waals surface area contributed by atoms with Gasteiger partial charge < -0.3 is 4.74 Å². The molecule has 0 saturated carbocycles. The number of hydrogen-bond acceptors (Lipinski definition) is 3. The van der Waals surface area contributed by atoms with E-state index in [0.717, 1.165) is 19.4 Å². The lowest BCUT2D eigenvalue weighted by Gasteiger charge is -2.12. The van der Waals surface area contributed by atoms with Crippen molar-refractivity contribution in [2.45, 2.75) is 5.92 Å². The maximum Gasteiger partial charge on any atom is 0.381 e. The summed E-state index contributed by atoms with van der Waals surface area (Å²) in [7, 11) is 0.888. The van der Waals surface area contributed by atoms with Gasteiger partial charge in [-0.1, -0.05) is 11.6 Å². The lowest BCUT2D eigenvalue weighted by atomic mass is 10.1. The van der Waals surface area contributed by atoms with Crippen LogP contribution < -0.4 is 0 Å². The Morgan fingerprint density at radius 3 is 2.64 bits per heavy atom. The van der Waals surface area contributed by atoms with E-state index in [1.807, 2.05) is 0 Å². The Kier molecular flexibility index (Phi) is 3.00. The number of aromatic nitrogens is 1. The molecule has 1 heterocycles. The SMILES string of the molecule is COC(=O)C(F)(F)c1ccc(Cl)nc1. The van der Waals surface area contributed by atoms with Crippen molar-refractivity contribution in [2.75, 3.05) is 7.11 Å². The first kappa shape index (κ1) is 10.8. The van der Waals surface area contributed by atoms with E-state index in [4.69, 9.17) is 11.6 Å². The van der Waals surface area contributed by atoms with Crippen LogP contribution in [0.2, 0.25) is 5.15 Å². The van der Waals surface area contributed by atoms with Crippen LogP contribution in [0.3, 0.4) is 0 Å². The normalized spacial score (nSPS) is 11.1. The Morgan fingerprint density at radius 2 is 2.21 bits per heavy atom. The van der Waals surface area contributed by atoms with Crippen molar-refractivity contribution < 1.29 is 18.3 Å². The quantitative estimate of drug-likeness (QED) is 0.566. The van der Waals surface area contributed by atoms with Gasteiger partial charge in [0.25, 0.3) is 0 Å². The van der Waals surface area contributed by atoms with Crippen molar-refractivity contribution in [3.05, 3.63) is 29.0 Å². The number of esters is 1. The minimum absolute atomic E-state index is 0.0782. The standard InChI is InChI=1S/C8H6ClF2NO2/c1-14-7(13)8(10,11)5-2-3-6(9)12-4-5/h2-4H,1H3. The molecule has 0 spiro atoms. The average Bonchev–Trinajstić information content (AvgIpc) is 2.17. The van der Waals surface area contributed by atoms with E-state index in [2.05, 4.69) is 9.72 Å². The van der Waals surface area contributed by atoms with Gasteiger partial charge in [-0.3, -0.25) is 0 Å². The van der Waals surface area contributed by atoms with Crippen LogP contribution >= 0.6 is 11.6 Å². The monoisotopic (exact) mass is 221 g/mol. The van der Waals surface area contributed by atoms with E-state index in [1.54, 1.807) is 0 Å². The predicted octanol–water partition coefficient (Wildman–Crippen LogP) is 2.00. The fourth-order valence-corrected chi connectivity index (χ4v) is 0.919. The van der Waals surface area contributed by atoms with Crippen LogP contribution in [-0.4, -0.2) is 18.1 Å². The van der Waals surface area contributed by atoms with Gasteiger partial charge in [-0.2, -0.15) is 8.78 Å². The number of methoxy groups -OCH3 is 1. The third kappa shape index (κ3) is 1.98. The zero-order chi connectivity index (χ0) is 10.8. The summed E-state index contributed by atoms with van der Waals surface area (Å²) in [6.45, 7) is 0. The van der Waals surface area contributed by atoms with E-state index < -0.39 is 17.5 Å². The highest BCUT2D eigenvalue weighted by molar-refractivity contribution is 6.29. The molecule has 0 radical (unpaired) electrons. The van der Waals surface area contributed by atoms with E-state index in [9.17, 15) is 13.6 Å². The minimum atomic E-state index is -3.69. The molecule has 0 aliphatic heterocycles. The zero-order valence-corrected chi connectivity index (χ0v) is 7.89. The first-order chi connectivity index (χ1) is 6.48. The second-order valence-electron chi connectivity index (χ2n) is 2.44. The molecule has 0 aliphatic carbocycles. The minimum Gasteiger partial charge on any atom is -0.464 e. The summed E-state index contributed by atoms with van der Waals surface area (Å²) in [5.74, 6) is -5.31. The summed E-state index contributed by atoms with van der Waals surface area (Å²) in [5, 5.41) is 0.0782. The van der Waals surface area contributed by atoms with Crippen molar-refractivity contribution in [1.29, 1.82) is 0 Å². The van der Waals surface area contributed by atoms with Gasteiger partial charge in [-0.15, -0.1) is 0 Å². The Hall–Kier alpha value is -1.23. The highest BCUT2D eigenvalue weighted by Crippen LogP contribution is 2.28. The Balaban J connectivity index is 3.03. The van der Waals surface area contributed by atoms with Crippen LogP contribution in [0, 0.1) is 0 Å². The van der Waals surface area contributed by atoms with Gasteiger partial charge in [-0.05, 0) is 12.1 Å². The largest absolute Gasteiger partial charge is 0.464 e. The molecule has 76 valence electrons. The lowest BCUT2D eigenvalue weighted by molar-refractivity contribution is -0.170. The first-order valence-corrected chi connectivity index (χ1v) is 3.94. The molecule has 0 aromatic carbocycles. The molecule has 1 aromatic rings. The van der Waals surface area contributed by atoms with Crippen molar-refractivity contribution in [3.63, 3.8) is 0 Å². The Labute approximate surface area is 83.7 Å². The summed E-state index contributed by atoms with van der Waals surface area (Å²) >= 11 is 5.40. The van der Waals surface area contributed by atoms with Crippen molar-refractivity contribution >= 4 is 17.6 Å². The second-order valence-corrected chi connectivity index (χ2v) is 2.82. The smallest absolute Gasteiger partial charge is 0.381 e. The lowest BCUT2D eigenvalue weighted by Crippen LogP contribution is -2.27. The average molecular weight is 222 g/mol. The van der Waals surface area contributed by atoms with Crippen LogP contribution in [0.5, 0.6) is 0 Å². The van der Waals surface area contributed by atoms with Crippen molar-refractivity contribution in [3.8, 4) is 0 Å². The molecule has 0 unspecified atom stereocenters. The Morgan fingerprint density at radius 1 is 1.57 bits per heavy atom. The van der Waals surface area contributed by atoms with Crippen molar-refractivity contribution in [2.24, 2.45) is 0 Å². The van der Waals surface area contributed by atoms with Crippen LogP contribution in [0.15, 0.2) is 18.3 Å². The number of carbonyl (C=O) groups excluding carboxylic acids is 1. The second kappa shape index (κ2) is 3.88. The third-order valence-corrected chi connectivity index (χ3v) is 1.76. The van der Waals surface area contributed by atoms with E-state index in [0.29, 0.717) is 0 Å². The number of nitrogens with zero attached hydrogens (tertiary/aromatic N) is 1. The molecular weight excluding hydrogens is 216 g/mol. The molecule has 0 aliphatic rings. The van der Waals surface area contributed by atoms with Gasteiger partial charge in [0.2, 0.25) is 0 Å². The zero-order valence-electron chi connectivity index (χ0n) is 7.13. The molecule has 0 N–H and O–H groups in total.